The Bertz CT molecular complexity index is 1190. The highest BCUT2D eigenvalue weighted by atomic mass is 35.5. The minimum absolute atomic E-state index is 0.104. The van der Waals surface area contributed by atoms with E-state index in [4.69, 9.17) is 20.8 Å². The van der Waals surface area contributed by atoms with Crippen LogP contribution in [0.3, 0.4) is 0 Å². The van der Waals surface area contributed by atoms with Crippen LogP contribution in [0.15, 0.2) is 59.0 Å². The molecule has 1 N–H and O–H groups in total. The number of rotatable bonds is 5. The van der Waals surface area contributed by atoms with Gasteiger partial charge in [0.25, 0.3) is 5.91 Å². The van der Waals surface area contributed by atoms with Gasteiger partial charge in [-0.15, -0.1) is 0 Å². The van der Waals surface area contributed by atoms with Gasteiger partial charge in [-0.3, -0.25) is 4.79 Å². The molecule has 0 aliphatic carbocycles. The van der Waals surface area contributed by atoms with Crippen LogP contribution < -0.4 is 10.1 Å². The Hall–Kier alpha value is -3.31. The monoisotopic (exact) mass is 420 g/mol. The highest BCUT2D eigenvalue weighted by Gasteiger charge is 2.14. The summed E-state index contributed by atoms with van der Waals surface area (Å²) < 4.78 is 11.5. The Morgan fingerprint density at radius 2 is 1.80 bits per heavy atom. The van der Waals surface area contributed by atoms with E-state index >= 15 is 0 Å². The maximum atomic E-state index is 12.5. The quantitative estimate of drug-likeness (QED) is 0.424. The van der Waals surface area contributed by atoms with E-state index in [9.17, 15) is 4.79 Å². The van der Waals surface area contributed by atoms with Gasteiger partial charge in [-0.1, -0.05) is 29.8 Å². The molecule has 0 saturated heterocycles. The van der Waals surface area contributed by atoms with Gasteiger partial charge < -0.3 is 14.5 Å². The van der Waals surface area contributed by atoms with Gasteiger partial charge in [-0.05, 0) is 73.9 Å². The average Bonchev–Trinajstić information content (AvgIpc) is 3.16. The second-order valence-corrected chi connectivity index (χ2v) is 7.55. The van der Waals surface area contributed by atoms with E-state index in [-0.39, 0.29) is 12.5 Å². The normalized spacial score (nSPS) is 10.9. The number of fused-ring (bicyclic) bond motifs is 1. The molecule has 0 spiro atoms. The zero-order valence-electron chi connectivity index (χ0n) is 17.0. The molecule has 0 bridgehead atoms. The van der Waals surface area contributed by atoms with E-state index in [1.54, 1.807) is 0 Å². The maximum absolute atomic E-state index is 12.5. The summed E-state index contributed by atoms with van der Waals surface area (Å²) in [5, 5.41) is 3.61. The topological polar surface area (TPSA) is 64.4 Å². The van der Waals surface area contributed by atoms with Gasteiger partial charge in [0.15, 0.2) is 12.2 Å². The van der Waals surface area contributed by atoms with E-state index < -0.39 is 0 Å². The summed E-state index contributed by atoms with van der Waals surface area (Å²) in [6.45, 7) is 5.63. The van der Waals surface area contributed by atoms with Crippen LogP contribution in [0.2, 0.25) is 5.02 Å². The first-order chi connectivity index (χ1) is 14.4. The molecular formula is C24H21ClN2O3. The predicted molar refractivity (Wildman–Crippen MR) is 119 cm³/mol. The lowest BCUT2D eigenvalue weighted by Gasteiger charge is -2.12. The Kier molecular flexibility index (Phi) is 5.46. The van der Waals surface area contributed by atoms with Gasteiger partial charge in [-0.25, -0.2) is 4.98 Å². The third kappa shape index (κ3) is 4.02. The van der Waals surface area contributed by atoms with E-state index in [2.05, 4.69) is 10.3 Å². The Balaban J connectivity index is 1.49. The third-order valence-corrected chi connectivity index (χ3v) is 5.51. The number of hydrogen-bond donors (Lipinski definition) is 1. The minimum Gasteiger partial charge on any atom is -0.484 e. The predicted octanol–water partition coefficient (Wildman–Crippen LogP) is 6.09. The largest absolute Gasteiger partial charge is 0.484 e. The van der Waals surface area contributed by atoms with Crippen LogP contribution in [0.5, 0.6) is 5.75 Å². The average molecular weight is 421 g/mol. The highest BCUT2D eigenvalue weighted by molar-refractivity contribution is 6.32. The Labute approximate surface area is 179 Å². The van der Waals surface area contributed by atoms with Crippen molar-refractivity contribution >= 4 is 34.3 Å². The first-order valence-corrected chi connectivity index (χ1v) is 9.95. The molecule has 0 unspecified atom stereocenters. The van der Waals surface area contributed by atoms with Crippen LogP contribution in [0.1, 0.15) is 16.7 Å². The first kappa shape index (κ1) is 20.0. The van der Waals surface area contributed by atoms with Gasteiger partial charge in [0.05, 0.1) is 0 Å². The molecule has 5 nitrogen and oxygen atoms in total. The van der Waals surface area contributed by atoms with Crippen molar-refractivity contribution in [1.82, 2.24) is 4.98 Å². The standard InChI is InChI=1S/C24H21ClN2O3/c1-14-11-17(12-15(2)23(14)25)29-13-22(28)26-19-9-6-7-18(16(19)3)24-27-20-8-4-5-10-21(20)30-24/h4-12H,13H2,1-3H3,(H,26,28). The lowest BCUT2D eigenvalue weighted by Crippen LogP contribution is -2.20. The lowest BCUT2D eigenvalue weighted by molar-refractivity contribution is -0.118. The molecule has 3 aromatic carbocycles. The molecule has 1 heterocycles. The fraction of sp³-hybridized carbons (Fsp3) is 0.167. The van der Waals surface area contributed by atoms with Gasteiger partial charge in [0, 0.05) is 16.3 Å². The zero-order valence-corrected chi connectivity index (χ0v) is 17.7. The van der Waals surface area contributed by atoms with Crippen LogP contribution in [0, 0.1) is 20.8 Å². The minimum atomic E-state index is -0.252. The number of oxazole rings is 1. The number of halogens is 1. The molecule has 0 saturated carbocycles. The van der Waals surface area contributed by atoms with E-state index in [0.717, 1.165) is 33.4 Å². The van der Waals surface area contributed by atoms with Crippen LogP contribution >= 0.6 is 11.6 Å². The van der Waals surface area contributed by atoms with E-state index in [0.29, 0.717) is 22.4 Å². The van der Waals surface area contributed by atoms with Gasteiger partial charge in [0.2, 0.25) is 5.89 Å². The summed E-state index contributed by atoms with van der Waals surface area (Å²) in [5.74, 6) is 0.882. The third-order valence-electron chi connectivity index (χ3n) is 4.91. The number of ether oxygens (including phenoxy) is 1. The Morgan fingerprint density at radius 3 is 2.53 bits per heavy atom. The van der Waals surface area contributed by atoms with Crippen molar-refractivity contribution < 1.29 is 13.9 Å². The summed E-state index contributed by atoms with van der Waals surface area (Å²) in [4.78, 5) is 17.0. The molecule has 0 radical (unpaired) electrons. The summed E-state index contributed by atoms with van der Waals surface area (Å²) in [6, 6.07) is 16.9. The van der Waals surface area contributed by atoms with Crippen LogP contribution in [-0.4, -0.2) is 17.5 Å². The number of benzene rings is 3. The van der Waals surface area contributed by atoms with Crippen molar-refractivity contribution in [1.29, 1.82) is 0 Å². The van der Waals surface area contributed by atoms with Crippen molar-refractivity contribution in [3.05, 3.63) is 76.3 Å². The molecule has 6 heteroatoms. The summed E-state index contributed by atoms with van der Waals surface area (Å²) in [6.07, 6.45) is 0. The molecule has 0 atom stereocenters. The second-order valence-electron chi connectivity index (χ2n) is 7.17. The number of nitrogens with zero attached hydrogens (tertiary/aromatic N) is 1. The number of aryl methyl sites for hydroxylation is 2. The first-order valence-electron chi connectivity index (χ1n) is 9.57. The van der Waals surface area contributed by atoms with E-state index in [1.807, 2.05) is 75.4 Å². The molecule has 0 fully saturated rings. The molecule has 4 aromatic rings. The second kappa shape index (κ2) is 8.20. The van der Waals surface area contributed by atoms with Crippen molar-refractivity contribution in [2.24, 2.45) is 0 Å². The number of para-hydroxylation sites is 2. The number of aromatic nitrogens is 1. The fourth-order valence-corrected chi connectivity index (χ4v) is 3.42. The van der Waals surface area contributed by atoms with Gasteiger partial charge in [-0.2, -0.15) is 0 Å². The summed E-state index contributed by atoms with van der Waals surface area (Å²) in [7, 11) is 0. The van der Waals surface area contributed by atoms with Crippen molar-refractivity contribution in [3.8, 4) is 17.2 Å². The number of anilines is 1. The summed E-state index contributed by atoms with van der Waals surface area (Å²) >= 11 is 6.18. The zero-order chi connectivity index (χ0) is 21.3. The van der Waals surface area contributed by atoms with Crippen molar-refractivity contribution in [3.63, 3.8) is 0 Å². The molecule has 4 rings (SSSR count). The van der Waals surface area contributed by atoms with Crippen LogP contribution in [0.4, 0.5) is 5.69 Å². The van der Waals surface area contributed by atoms with Crippen molar-refractivity contribution in [2.45, 2.75) is 20.8 Å². The molecular weight excluding hydrogens is 400 g/mol. The number of carbonyl (C=O) groups is 1. The molecule has 0 aliphatic heterocycles. The number of nitrogens with one attached hydrogen (secondary N) is 1. The van der Waals surface area contributed by atoms with Crippen LogP contribution in [0.25, 0.3) is 22.6 Å². The van der Waals surface area contributed by atoms with Gasteiger partial charge >= 0.3 is 0 Å². The molecule has 1 amide bonds. The molecule has 30 heavy (non-hydrogen) atoms. The highest BCUT2D eigenvalue weighted by Crippen LogP contribution is 2.30. The summed E-state index contributed by atoms with van der Waals surface area (Å²) in [5.41, 5.74) is 5.73. The SMILES string of the molecule is Cc1cc(OCC(=O)Nc2cccc(-c3nc4ccccc4o3)c2C)cc(C)c1Cl. The molecule has 152 valence electrons. The van der Waals surface area contributed by atoms with E-state index in [1.165, 1.54) is 0 Å². The smallest absolute Gasteiger partial charge is 0.262 e. The maximum Gasteiger partial charge on any atom is 0.262 e. The fourth-order valence-electron chi connectivity index (χ4n) is 3.31. The van der Waals surface area contributed by atoms with Crippen molar-refractivity contribution in [2.75, 3.05) is 11.9 Å². The number of hydrogen-bond acceptors (Lipinski definition) is 4. The Morgan fingerprint density at radius 1 is 1.07 bits per heavy atom. The number of carbonyl (C=O) groups excluding carboxylic acids is 1. The lowest BCUT2D eigenvalue weighted by atomic mass is 10.1. The van der Waals surface area contributed by atoms with Crippen LogP contribution in [-0.2, 0) is 4.79 Å². The number of amides is 1. The molecule has 0 aliphatic rings. The van der Waals surface area contributed by atoms with Gasteiger partial charge in [0.1, 0.15) is 11.3 Å². The molecule has 1 aromatic heterocycles.